The van der Waals surface area contributed by atoms with Gasteiger partial charge in [0.2, 0.25) is 15.9 Å². The van der Waals surface area contributed by atoms with E-state index in [1.807, 2.05) is 13.8 Å². The molecule has 2 heterocycles. The summed E-state index contributed by atoms with van der Waals surface area (Å²) in [6.45, 7) is 4.63. The first-order chi connectivity index (χ1) is 17.2. The second kappa shape index (κ2) is 10.9. The minimum Gasteiger partial charge on any atom is -0.373 e. The van der Waals surface area contributed by atoms with Gasteiger partial charge in [-0.3, -0.25) is 19.3 Å². The molecule has 0 aliphatic carbocycles. The monoisotopic (exact) mass is 513 g/mol. The molecule has 10 heteroatoms. The molecule has 1 N–H and O–H groups in total. The van der Waals surface area contributed by atoms with Crippen LogP contribution in [0, 0.1) is 0 Å². The average Bonchev–Trinajstić information content (AvgIpc) is 3.08. The number of nitrogens with one attached hydrogen (secondary N) is 1. The van der Waals surface area contributed by atoms with E-state index in [0.29, 0.717) is 55.7 Å². The number of hydrogen-bond donors (Lipinski definition) is 1. The Morgan fingerprint density at radius 1 is 0.917 bits per heavy atom. The van der Waals surface area contributed by atoms with Gasteiger partial charge in [-0.15, -0.1) is 0 Å². The molecule has 2 aliphatic heterocycles. The third-order valence-corrected chi connectivity index (χ3v) is 8.17. The fourth-order valence-electron chi connectivity index (χ4n) is 4.58. The van der Waals surface area contributed by atoms with Gasteiger partial charge >= 0.3 is 0 Å². The molecule has 0 aromatic heterocycles. The Kier molecular flexibility index (Phi) is 7.87. The normalized spacial score (nSPS) is 20.4. The molecular formula is C26H31N3O6S. The first-order valence-corrected chi connectivity index (χ1v) is 13.6. The van der Waals surface area contributed by atoms with Gasteiger partial charge in [-0.05, 0) is 63.1 Å². The van der Waals surface area contributed by atoms with Crippen LogP contribution in [-0.2, 0) is 19.6 Å². The van der Waals surface area contributed by atoms with Crippen LogP contribution in [0.4, 0.5) is 5.69 Å². The summed E-state index contributed by atoms with van der Waals surface area (Å²) in [4.78, 5) is 38.5. The van der Waals surface area contributed by atoms with Gasteiger partial charge in [0.05, 0.1) is 28.2 Å². The smallest absolute Gasteiger partial charge is 0.261 e. The predicted molar refractivity (Wildman–Crippen MR) is 134 cm³/mol. The molecule has 2 unspecified atom stereocenters. The molecule has 0 saturated carbocycles. The first-order valence-electron chi connectivity index (χ1n) is 12.2. The minimum atomic E-state index is -3.64. The number of imide groups is 1. The van der Waals surface area contributed by atoms with E-state index in [2.05, 4.69) is 5.32 Å². The van der Waals surface area contributed by atoms with E-state index in [4.69, 9.17) is 4.74 Å². The summed E-state index contributed by atoms with van der Waals surface area (Å²) in [6.07, 6.45) is 1.85. The van der Waals surface area contributed by atoms with Gasteiger partial charge in [0.15, 0.2) is 0 Å². The maximum atomic E-state index is 13.0. The Labute approximate surface area is 211 Å². The number of hydrogen-bond acceptors (Lipinski definition) is 6. The largest absolute Gasteiger partial charge is 0.373 e. The molecule has 0 radical (unpaired) electrons. The summed E-state index contributed by atoms with van der Waals surface area (Å²) >= 11 is 0. The second-order valence-electron chi connectivity index (χ2n) is 9.27. The van der Waals surface area contributed by atoms with Crippen molar-refractivity contribution in [2.75, 3.05) is 25.0 Å². The first kappa shape index (κ1) is 26.0. The molecule has 0 bridgehead atoms. The predicted octanol–water partition coefficient (Wildman–Crippen LogP) is 3.28. The molecule has 36 heavy (non-hydrogen) atoms. The zero-order chi connectivity index (χ0) is 25.9. The Morgan fingerprint density at radius 2 is 1.50 bits per heavy atom. The highest BCUT2D eigenvalue weighted by Crippen LogP contribution is 2.24. The SMILES string of the molecule is CC1CN(S(=O)(=O)c2ccc(NC(=O)CCCCCN3C(=O)c4ccccc4C3=O)cc2)CC(C)O1. The highest BCUT2D eigenvalue weighted by molar-refractivity contribution is 7.89. The lowest BCUT2D eigenvalue weighted by molar-refractivity contribution is -0.116. The van der Waals surface area contributed by atoms with Gasteiger partial charge in [-0.25, -0.2) is 8.42 Å². The standard InChI is InChI=1S/C26H31N3O6S/c1-18-16-28(17-19(2)35-18)36(33,34)21-13-11-20(12-14-21)27-24(30)10-4-3-7-15-29-25(31)22-8-5-6-9-23(22)26(29)32/h5-6,8-9,11-14,18-19H,3-4,7,10,15-17H2,1-2H3,(H,27,30). The minimum absolute atomic E-state index is 0.172. The highest BCUT2D eigenvalue weighted by atomic mass is 32.2. The van der Waals surface area contributed by atoms with E-state index in [1.54, 1.807) is 36.4 Å². The van der Waals surface area contributed by atoms with E-state index >= 15 is 0 Å². The van der Waals surface area contributed by atoms with Crippen molar-refractivity contribution < 1.29 is 27.5 Å². The fourth-order valence-corrected chi connectivity index (χ4v) is 6.17. The Morgan fingerprint density at radius 3 is 2.08 bits per heavy atom. The van der Waals surface area contributed by atoms with Crippen molar-refractivity contribution in [3.8, 4) is 0 Å². The summed E-state index contributed by atoms with van der Waals surface area (Å²) in [7, 11) is -3.64. The average molecular weight is 514 g/mol. The van der Waals surface area contributed by atoms with E-state index in [9.17, 15) is 22.8 Å². The van der Waals surface area contributed by atoms with Gasteiger partial charge in [-0.1, -0.05) is 18.6 Å². The number of rotatable bonds is 9. The second-order valence-corrected chi connectivity index (χ2v) is 11.2. The number of carbonyl (C=O) groups excluding carboxylic acids is 3. The number of fused-ring (bicyclic) bond motifs is 1. The number of unbranched alkanes of at least 4 members (excludes halogenated alkanes) is 2. The van der Waals surface area contributed by atoms with Crippen molar-refractivity contribution in [1.82, 2.24) is 9.21 Å². The lowest BCUT2D eigenvalue weighted by atomic mass is 10.1. The van der Waals surface area contributed by atoms with E-state index < -0.39 is 10.0 Å². The Bertz CT molecular complexity index is 1200. The summed E-state index contributed by atoms with van der Waals surface area (Å²) in [5.41, 5.74) is 1.40. The lowest BCUT2D eigenvalue weighted by Crippen LogP contribution is -2.48. The third-order valence-electron chi connectivity index (χ3n) is 6.33. The molecule has 0 spiro atoms. The number of ether oxygens (including phenoxy) is 1. The van der Waals surface area contributed by atoms with Crippen molar-refractivity contribution in [1.29, 1.82) is 0 Å². The van der Waals surface area contributed by atoms with E-state index in [-0.39, 0.29) is 41.2 Å². The highest BCUT2D eigenvalue weighted by Gasteiger charge is 2.34. The van der Waals surface area contributed by atoms with Crippen LogP contribution in [0.15, 0.2) is 53.4 Å². The summed E-state index contributed by atoms with van der Waals surface area (Å²) in [5, 5.41) is 2.79. The number of sulfonamides is 1. The van der Waals surface area contributed by atoms with Crippen molar-refractivity contribution >= 4 is 33.4 Å². The molecule has 1 saturated heterocycles. The van der Waals surface area contributed by atoms with Crippen LogP contribution in [-0.4, -0.2) is 67.2 Å². The number of benzene rings is 2. The zero-order valence-electron chi connectivity index (χ0n) is 20.5. The van der Waals surface area contributed by atoms with Crippen molar-refractivity contribution in [2.45, 2.75) is 56.6 Å². The molecule has 1 fully saturated rings. The van der Waals surface area contributed by atoms with Crippen LogP contribution < -0.4 is 5.32 Å². The number of anilines is 1. The number of carbonyl (C=O) groups is 3. The van der Waals surface area contributed by atoms with Gasteiger partial charge in [0, 0.05) is 31.7 Å². The van der Waals surface area contributed by atoms with Crippen molar-refractivity contribution in [2.24, 2.45) is 0 Å². The maximum absolute atomic E-state index is 13.0. The quantitative estimate of drug-likeness (QED) is 0.407. The van der Waals surface area contributed by atoms with Gasteiger partial charge < -0.3 is 10.1 Å². The molecule has 9 nitrogen and oxygen atoms in total. The van der Waals surface area contributed by atoms with E-state index in [0.717, 1.165) is 0 Å². The van der Waals surface area contributed by atoms with Crippen LogP contribution in [0.5, 0.6) is 0 Å². The van der Waals surface area contributed by atoms with Crippen molar-refractivity contribution in [3.63, 3.8) is 0 Å². The molecule has 2 aromatic carbocycles. The van der Waals surface area contributed by atoms with E-state index in [1.165, 1.54) is 21.3 Å². The maximum Gasteiger partial charge on any atom is 0.261 e. The fraction of sp³-hybridized carbons (Fsp3) is 0.423. The molecule has 2 aliphatic rings. The topological polar surface area (TPSA) is 113 Å². The Hall–Kier alpha value is -3.08. The van der Waals surface area contributed by atoms with Crippen LogP contribution >= 0.6 is 0 Å². The summed E-state index contributed by atoms with van der Waals surface area (Å²) in [6, 6.07) is 13.0. The molecular weight excluding hydrogens is 482 g/mol. The van der Waals surface area contributed by atoms with Gasteiger partial charge in [-0.2, -0.15) is 4.31 Å². The molecule has 2 atom stereocenters. The number of amides is 3. The lowest BCUT2D eigenvalue weighted by Gasteiger charge is -2.34. The summed E-state index contributed by atoms with van der Waals surface area (Å²) in [5.74, 6) is -0.713. The van der Waals surface area contributed by atoms with Crippen LogP contribution in [0.1, 0.15) is 60.2 Å². The molecule has 4 rings (SSSR count). The number of morpholine rings is 1. The molecule has 192 valence electrons. The zero-order valence-corrected chi connectivity index (χ0v) is 21.3. The molecule has 2 aromatic rings. The Balaban J connectivity index is 1.21. The third kappa shape index (κ3) is 5.66. The van der Waals surface area contributed by atoms with Crippen LogP contribution in [0.2, 0.25) is 0 Å². The van der Waals surface area contributed by atoms with Crippen LogP contribution in [0.3, 0.4) is 0 Å². The molecule has 3 amide bonds. The van der Waals surface area contributed by atoms with Crippen LogP contribution in [0.25, 0.3) is 0 Å². The van der Waals surface area contributed by atoms with Crippen molar-refractivity contribution in [3.05, 3.63) is 59.7 Å². The number of nitrogens with zero attached hydrogens (tertiary/aromatic N) is 2. The van der Waals surface area contributed by atoms with Gasteiger partial charge in [0.1, 0.15) is 0 Å². The van der Waals surface area contributed by atoms with Gasteiger partial charge in [0.25, 0.3) is 11.8 Å². The summed E-state index contributed by atoms with van der Waals surface area (Å²) < 4.78 is 33.0.